The number of hydrogen-bond donors (Lipinski definition) is 2. The van der Waals surface area contributed by atoms with E-state index in [-0.39, 0.29) is 23.5 Å². The van der Waals surface area contributed by atoms with Gasteiger partial charge in [-0.05, 0) is 45.6 Å². The SMILES string of the molecule is CCCNC(=O)C1CCN(C(=O)c2[nH]c(C)c(C(C)=O)c2C)CC1. The molecule has 1 saturated heterocycles. The number of carbonyl (C=O) groups is 3. The Morgan fingerprint density at radius 2 is 1.83 bits per heavy atom. The van der Waals surface area contributed by atoms with Crippen molar-refractivity contribution in [1.29, 1.82) is 0 Å². The molecule has 0 radical (unpaired) electrons. The van der Waals surface area contributed by atoms with Gasteiger partial charge in [0.2, 0.25) is 5.91 Å². The van der Waals surface area contributed by atoms with Gasteiger partial charge in [0.05, 0.1) is 0 Å². The highest BCUT2D eigenvalue weighted by atomic mass is 16.2. The van der Waals surface area contributed by atoms with Gasteiger partial charge < -0.3 is 15.2 Å². The standard InChI is InChI=1S/C18H27N3O3/c1-5-8-19-17(23)14-6-9-21(10-7-14)18(24)16-11(2)15(13(4)22)12(3)20-16/h14,20H,5-10H2,1-4H3,(H,19,23). The van der Waals surface area contributed by atoms with E-state index in [9.17, 15) is 14.4 Å². The van der Waals surface area contributed by atoms with Gasteiger partial charge in [0.1, 0.15) is 5.69 Å². The zero-order valence-corrected chi connectivity index (χ0v) is 15.0. The van der Waals surface area contributed by atoms with E-state index in [1.54, 1.807) is 11.8 Å². The zero-order valence-electron chi connectivity index (χ0n) is 15.0. The number of hydrogen-bond acceptors (Lipinski definition) is 3. The van der Waals surface area contributed by atoms with Crippen LogP contribution < -0.4 is 5.32 Å². The summed E-state index contributed by atoms with van der Waals surface area (Å²) in [6, 6.07) is 0. The van der Waals surface area contributed by atoms with Crippen LogP contribution in [0.25, 0.3) is 0 Å². The van der Waals surface area contributed by atoms with Gasteiger partial charge in [0.25, 0.3) is 5.91 Å². The minimum atomic E-state index is -0.0875. The first-order chi connectivity index (χ1) is 11.4. The molecule has 0 aliphatic carbocycles. The van der Waals surface area contributed by atoms with Gasteiger partial charge in [-0.25, -0.2) is 0 Å². The molecular formula is C18H27N3O3. The van der Waals surface area contributed by atoms with Crippen molar-refractivity contribution in [3.63, 3.8) is 0 Å². The Kier molecular flexibility index (Phi) is 5.80. The fraction of sp³-hybridized carbons (Fsp3) is 0.611. The second kappa shape index (κ2) is 7.64. The molecule has 2 amide bonds. The number of piperidine rings is 1. The van der Waals surface area contributed by atoms with Gasteiger partial charge in [-0.3, -0.25) is 14.4 Å². The summed E-state index contributed by atoms with van der Waals surface area (Å²) in [5, 5.41) is 2.92. The van der Waals surface area contributed by atoms with Crippen LogP contribution >= 0.6 is 0 Å². The van der Waals surface area contributed by atoms with Gasteiger partial charge in [0.15, 0.2) is 5.78 Å². The molecule has 0 bridgehead atoms. The van der Waals surface area contributed by atoms with E-state index in [4.69, 9.17) is 0 Å². The minimum absolute atomic E-state index is 0.0140. The van der Waals surface area contributed by atoms with E-state index in [2.05, 4.69) is 10.3 Å². The molecule has 2 rings (SSSR count). The van der Waals surface area contributed by atoms with Crippen LogP contribution in [0, 0.1) is 19.8 Å². The van der Waals surface area contributed by atoms with Gasteiger partial charge in [-0.1, -0.05) is 6.92 Å². The number of rotatable bonds is 5. The number of carbonyl (C=O) groups excluding carboxylic acids is 3. The van der Waals surface area contributed by atoms with Gasteiger partial charge in [0, 0.05) is 36.8 Å². The summed E-state index contributed by atoms with van der Waals surface area (Å²) in [6.07, 6.45) is 2.28. The first-order valence-corrected chi connectivity index (χ1v) is 8.63. The van der Waals surface area contributed by atoms with Crippen molar-refractivity contribution in [3.8, 4) is 0 Å². The summed E-state index contributed by atoms with van der Waals surface area (Å²) in [5.41, 5.74) is 2.55. The number of aromatic nitrogens is 1. The van der Waals surface area contributed by atoms with E-state index in [0.717, 1.165) is 12.1 Å². The summed E-state index contributed by atoms with van der Waals surface area (Å²) in [6.45, 7) is 8.98. The van der Waals surface area contributed by atoms with E-state index in [0.29, 0.717) is 49.3 Å². The molecule has 0 spiro atoms. The smallest absolute Gasteiger partial charge is 0.270 e. The molecule has 24 heavy (non-hydrogen) atoms. The summed E-state index contributed by atoms with van der Waals surface area (Å²) in [7, 11) is 0. The number of ketones is 1. The molecule has 0 saturated carbocycles. The largest absolute Gasteiger partial charge is 0.356 e. The Hall–Kier alpha value is -2.11. The molecule has 6 nitrogen and oxygen atoms in total. The third-order valence-corrected chi connectivity index (χ3v) is 4.71. The monoisotopic (exact) mass is 333 g/mol. The van der Waals surface area contributed by atoms with Gasteiger partial charge in [-0.15, -0.1) is 0 Å². The number of amides is 2. The van der Waals surface area contributed by atoms with Crippen LogP contribution in [0.4, 0.5) is 0 Å². The molecule has 1 aromatic rings. The second-order valence-corrected chi connectivity index (χ2v) is 6.54. The molecule has 1 aromatic heterocycles. The topological polar surface area (TPSA) is 82.3 Å². The molecule has 0 unspecified atom stereocenters. The number of aromatic amines is 1. The van der Waals surface area contributed by atoms with Gasteiger partial charge >= 0.3 is 0 Å². The highest BCUT2D eigenvalue weighted by Crippen LogP contribution is 2.23. The molecule has 2 N–H and O–H groups in total. The fourth-order valence-corrected chi connectivity index (χ4v) is 3.39. The highest BCUT2D eigenvalue weighted by Gasteiger charge is 2.29. The van der Waals surface area contributed by atoms with E-state index < -0.39 is 0 Å². The lowest BCUT2D eigenvalue weighted by molar-refractivity contribution is -0.126. The Labute approximate surface area is 143 Å². The van der Waals surface area contributed by atoms with Crippen molar-refractivity contribution in [2.24, 2.45) is 5.92 Å². The van der Waals surface area contributed by atoms with Crippen molar-refractivity contribution in [3.05, 3.63) is 22.5 Å². The van der Waals surface area contributed by atoms with Crippen molar-refractivity contribution in [2.45, 2.75) is 47.0 Å². The Bertz CT molecular complexity index is 640. The maximum absolute atomic E-state index is 12.7. The first-order valence-electron chi connectivity index (χ1n) is 8.63. The normalized spacial score (nSPS) is 15.4. The Balaban J connectivity index is 2.02. The van der Waals surface area contributed by atoms with Gasteiger partial charge in [-0.2, -0.15) is 0 Å². The highest BCUT2D eigenvalue weighted by molar-refractivity contribution is 6.02. The molecule has 132 valence electrons. The predicted octanol–water partition coefficient (Wildman–Crippen LogP) is 2.21. The van der Waals surface area contributed by atoms with Crippen LogP contribution in [-0.4, -0.2) is 47.1 Å². The molecule has 1 aliphatic rings. The van der Waals surface area contributed by atoms with Crippen LogP contribution in [-0.2, 0) is 4.79 Å². The number of likely N-dealkylation sites (tertiary alicyclic amines) is 1. The fourth-order valence-electron chi connectivity index (χ4n) is 3.39. The maximum Gasteiger partial charge on any atom is 0.270 e. The lowest BCUT2D eigenvalue weighted by atomic mass is 9.95. The summed E-state index contributed by atoms with van der Waals surface area (Å²) in [4.78, 5) is 41.3. The third kappa shape index (κ3) is 3.68. The number of aryl methyl sites for hydroxylation is 1. The summed E-state index contributed by atoms with van der Waals surface area (Å²) < 4.78 is 0. The average Bonchev–Trinajstić information content (AvgIpc) is 2.86. The number of Topliss-reactive ketones (excluding diaryl/α,β-unsaturated/α-hetero) is 1. The quantitative estimate of drug-likeness (QED) is 0.811. The Morgan fingerprint density at radius 3 is 2.33 bits per heavy atom. The minimum Gasteiger partial charge on any atom is -0.356 e. The second-order valence-electron chi connectivity index (χ2n) is 6.54. The molecular weight excluding hydrogens is 306 g/mol. The van der Waals surface area contributed by atoms with Crippen molar-refractivity contribution in [1.82, 2.24) is 15.2 Å². The molecule has 0 aromatic carbocycles. The van der Waals surface area contributed by atoms with Crippen molar-refractivity contribution >= 4 is 17.6 Å². The third-order valence-electron chi connectivity index (χ3n) is 4.71. The lowest BCUT2D eigenvalue weighted by Crippen LogP contribution is -2.43. The molecule has 0 atom stereocenters. The summed E-state index contributed by atoms with van der Waals surface area (Å²) >= 11 is 0. The number of H-pyrrole nitrogens is 1. The predicted molar refractivity (Wildman–Crippen MR) is 92.2 cm³/mol. The molecule has 6 heteroatoms. The molecule has 2 heterocycles. The van der Waals surface area contributed by atoms with Crippen LogP contribution in [0.3, 0.4) is 0 Å². The maximum atomic E-state index is 12.7. The van der Waals surface area contributed by atoms with Crippen molar-refractivity contribution < 1.29 is 14.4 Å². The average molecular weight is 333 g/mol. The van der Waals surface area contributed by atoms with E-state index in [1.807, 2.05) is 13.8 Å². The Morgan fingerprint density at radius 1 is 1.21 bits per heavy atom. The van der Waals surface area contributed by atoms with Crippen LogP contribution in [0.5, 0.6) is 0 Å². The number of nitrogens with one attached hydrogen (secondary N) is 2. The molecule has 1 fully saturated rings. The van der Waals surface area contributed by atoms with Crippen LogP contribution in [0.15, 0.2) is 0 Å². The summed E-state index contributed by atoms with van der Waals surface area (Å²) in [5.74, 6) is -0.0447. The lowest BCUT2D eigenvalue weighted by Gasteiger charge is -2.31. The number of nitrogens with zero attached hydrogens (tertiary/aromatic N) is 1. The first kappa shape index (κ1) is 18.2. The molecule has 1 aliphatic heterocycles. The zero-order chi connectivity index (χ0) is 17.9. The van der Waals surface area contributed by atoms with Crippen LogP contribution in [0.1, 0.15) is 65.2 Å². The van der Waals surface area contributed by atoms with Crippen molar-refractivity contribution in [2.75, 3.05) is 19.6 Å². The van der Waals surface area contributed by atoms with E-state index >= 15 is 0 Å². The van der Waals surface area contributed by atoms with Crippen LogP contribution in [0.2, 0.25) is 0 Å². The van der Waals surface area contributed by atoms with E-state index in [1.165, 1.54) is 6.92 Å².